The molecule has 0 unspecified atom stereocenters. The summed E-state index contributed by atoms with van der Waals surface area (Å²) in [6.07, 6.45) is 0. The molecule has 4 aromatic rings. The van der Waals surface area contributed by atoms with Crippen molar-refractivity contribution in [3.05, 3.63) is 95.2 Å². The van der Waals surface area contributed by atoms with Crippen LogP contribution in [0.15, 0.2) is 72.8 Å². The SMILES string of the molecule is O=C(Nc1n[nH]c2c1CN(C(=O)NCc1ccccc1)C2)c1ccc2ccccc2c1. The molecule has 0 fully saturated rings. The van der Waals surface area contributed by atoms with Crippen LogP contribution in [0.3, 0.4) is 0 Å². The first-order chi connectivity index (χ1) is 15.2. The first-order valence-corrected chi connectivity index (χ1v) is 10.1. The lowest BCUT2D eigenvalue weighted by Gasteiger charge is -2.17. The van der Waals surface area contributed by atoms with Crippen molar-refractivity contribution in [1.82, 2.24) is 20.4 Å². The fourth-order valence-electron chi connectivity index (χ4n) is 3.78. The third-order valence-corrected chi connectivity index (χ3v) is 5.47. The molecule has 0 spiro atoms. The van der Waals surface area contributed by atoms with E-state index >= 15 is 0 Å². The highest BCUT2D eigenvalue weighted by molar-refractivity contribution is 6.06. The van der Waals surface area contributed by atoms with Crippen LogP contribution in [-0.2, 0) is 19.6 Å². The van der Waals surface area contributed by atoms with E-state index in [1.54, 1.807) is 11.0 Å². The van der Waals surface area contributed by atoms with Crippen LogP contribution < -0.4 is 10.6 Å². The Balaban J connectivity index is 1.25. The van der Waals surface area contributed by atoms with Crippen LogP contribution in [0.1, 0.15) is 27.2 Å². The van der Waals surface area contributed by atoms with Crippen molar-refractivity contribution < 1.29 is 9.59 Å². The van der Waals surface area contributed by atoms with Crippen LogP contribution >= 0.6 is 0 Å². The molecule has 7 heteroatoms. The van der Waals surface area contributed by atoms with Crippen LogP contribution in [0.2, 0.25) is 0 Å². The van der Waals surface area contributed by atoms with Gasteiger partial charge < -0.3 is 15.5 Å². The molecule has 154 valence electrons. The lowest BCUT2D eigenvalue weighted by Crippen LogP contribution is -2.36. The zero-order valence-electron chi connectivity index (χ0n) is 16.8. The molecule has 0 bridgehead atoms. The second kappa shape index (κ2) is 7.95. The molecule has 31 heavy (non-hydrogen) atoms. The Kier molecular flexibility index (Phi) is 4.84. The van der Waals surface area contributed by atoms with Crippen molar-refractivity contribution in [3.8, 4) is 0 Å². The number of amides is 3. The number of carbonyl (C=O) groups is 2. The second-order valence-electron chi connectivity index (χ2n) is 7.55. The molecule has 7 nitrogen and oxygen atoms in total. The minimum absolute atomic E-state index is 0.153. The number of nitrogens with zero attached hydrogens (tertiary/aromatic N) is 2. The highest BCUT2D eigenvalue weighted by Crippen LogP contribution is 2.27. The van der Waals surface area contributed by atoms with Gasteiger partial charge >= 0.3 is 6.03 Å². The van der Waals surface area contributed by atoms with Crippen molar-refractivity contribution in [2.45, 2.75) is 19.6 Å². The van der Waals surface area contributed by atoms with Gasteiger partial charge in [0.15, 0.2) is 5.82 Å². The molecule has 0 radical (unpaired) electrons. The van der Waals surface area contributed by atoms with Crippen molar-refractivity contribution in [2.75, 3.05) is 5.32 Å². The normalized spacial score (nSPS) is 12.6. The molecule has 0 saturated heterocycles. The number of fused-ring (bicyclic) bond motifs is 2. The van der Waals surface area contributed by atoms with Gasteiger partial charge in [-0.25, -0.2) is 4.79 Å². The van der Waals surface area contributed by atoms with Gasteiger partial charge in [0, 0.05) is 17.7 Å². The number of H-pyrrole nitrogens is 1. The fourth-order valence-corrected chi connectivity index (χ4v) is 3.78. The zero-order valence-corrected chi connectivity index (χ0v) is 16.8. The standard InChI is InChI=1S/C24H21N5O2/c30-23(19-11-10-17-8-4-5-9-18(17)12-19)26-22-20-14-29(15-21(20)27-28-22)24(31)25-13-16-6-2-1-3-7-16/h1-12H,13-15H2,(H,25,31)(H2,26,27,28,30). The van der Waals surface area contributed by atoms with Gasteiger partial charge in [-0.05, 0) is 28.5 Å². The molecule has 3 aromatic carbocycles. The van der Waals surface area contributed by atoms with E-state index in [-0.39, 0.29) is 11.9 Å². The predicted molar refractivity (Wildman–Crippen MR) is 118 cm³/mol. The summed E-state index contributed by atoms with van der Waals surface area (Å²) in [6, 6.07) is 23.1. The summed E-state index contributed by atoms with van der Waals surface area (Å²) < 4.78 is 0. The van der Waals surface area contributed by atoms with E-state index in [2.05, 4.69) is 20.8 Å². The summed E-state index contributed by atoms with van der Waals surface area (Å²) in [5, 5.41) is 15.1. The van der Waals surface area contributed by atoms with Gasteiger partial charge in [0.05, 0.1) is 18.8 Å². The number of aromatic nitrogens is 2. The number of hydrogen-bond acceptors (Lipinski definition) is 3. The lowest BCUT2D eigenvalue weighted by molar-refractivity contribution is 0.102. The van der Waals surface area contributed by atoms with E-state index in [9.17, 15) is 9.59 Å². The van der Waals surface area contributed by atoms with Crippen LogP contribution in [0, 0.1) is 0 Å². The third-order valence-electron chi connectivity index (χ3n) is 5.47. The van der Waals surface area contributed by atoms with E-state index in [0.717, 1.165) is 27.6 Å². The number of aromatic amines is 1. The average Bonchev–Trinajstić information content (AvgIpc) is 3.40. The van der Waals surface area contributed by atoms with E-state index in [4.69, 9.17) is 0 Å². The summed E-state index contributed by atoms with van der Waals surface area (Å²) in [5.74, 6) is 0.235. The number of benzene rings is 3. The number of nitrogens with one attached hydrogen (secondary N) is 3. The Morgan fingerprint density at radius 3 is 2.55 bits per heavy atom. The number of carbonyl (C=O) groups excluding carboxylic acids is 2. The topological polar surface area (TPSA) is 90.1 Å². The zero-order chi connectivity index (χ0) is 21.2. The van der Waals surface area contributed by atoms with Crippen molar-refractivity contribution in [1.29, 1.82) is 0 Å². The average molecular weight is 411 g/mol. The number of anilines is 1. The monoisotopic (exact) mass is 411 g/mol. The van der Waals surface area contributed by atoms with Crippen molar-refractivity contribution in [3.63, 3.8) is 0 Å². The van der Waals surface area contributed by atoms with E-state index in [1.807, 2.05) is 66.7 Å². The Bertz CT molecular complexity index is 1270. The minimum Gasteiger partial charge on any atom is -0.334 e. The largest absolute Gasteiger partial charge is 0.334 e. The highest BCUT2D eigenvalue weighted by Gasteiger charge is 2.28. The van der Waals surface area contributed by atoms with Crippen molar-refractivity contribution >= 4 is 28.5 Å². The number of hydrogen-bond donors (Lipinski definition) is 3. The number of urea groups is 1. The molecular weight excluding hydrogens is 390 g/mol. The second-order valence-corrected chi connectivity index (χ2v) is 7.55. The van der Waals surface area contributed by atoms with E-state index < -0.39 is 0 Å². The van der Waals surface area contributed by atoms with Crippen LogP contribution in [-0.4, -0.2) is 27.0 Å². The Morgan fingerprint density at radius 2 is 1.71 bits per heavy atom. The minimum atomic E-state index is -0.230. The molecule has 0 aliphatic carbocycles. The molecule has 5 rings (SSSR count). The third kappa shape index (κ3) is 3.85. The van der Waals surface area contributed by atoms with Gasteiger partial charge in [0.25, 0.3) is 5.91 Å². The summed E-state index contributed by atoms with van der Waals surface area (Å²) in [5.41, 5.74) is 3.28. The van der Waals surface area contributed by atoms with Gasteiger partial charge in [0.2, 0.25) is 0 Å². The molecule has 0 saturated carbocycles. The highest BCUT2D eigenvalue weighted by atomic mass is 16.2. The lowest BCUT2D eigenvalue weighted by atomic mass is 10.1. The Morgan fingerprint density at radius 1 is 0.935 bits per heavy atom. The predicted octanol–water partition coefficient (Wildman–Crippen LogP) is 4.04. The summed E-state index contributed by atoms with van der Waals surface area (Å²) >= 11 is 0. The van der Waals surface area contributed by atoms with Gasteiger partial charge in [-0.15, -0.1) is 0 Å². The first-order valence-electron chi connectivity index (χ1n) is 10.1. The van der Waals surface area contributed by atoms with E-state index in [1.165, 1.54) is 0 Å². The number of rotatable bonds is 4. The van der Waals surface area contributed by atoms with Gasteiger partial charge in [-0.3, -0.25) is 9.89 Å². The molecule has 1 aliphatic heterocycles. The molecule has 3 N–H and O–H groups in total. The maximum Gasteiger partial charge on any atom is 0.318 e. The molecule has 1 aromatic heterocycles. The first kappa shape index (κ1) is 18.9. The van der Waals surface area contributed by atoms with E-state index in [0.29, 0.717) is 31.0 Å². The Hall–Kier alpha value is -4.13. The van der Waals surface area contributed by atoms with Gasteiger partial charge in [-0.1, -0.05) is 60.7 Å². The molecule has 3 amide bonds. The fraction of sp³-hybridized carbons (Fsp3) is 0.125. The van der Waals surface area contributed by atoms with Gasteiger partial charge in [0.1, 0.15) is 0 Å². The summed E-state index contributed by atoms with van der Waals surface area (Å²) in [7, 11) is 0. The van der Waals surface area contributed by atoms with Crippen molar-refractivity contribution in [2.24, 2.45) is 0 Å². The van der Waals surface area contributed by atoms with Crippen LogP contribution in [0.25, 0.3) is 10.8 Å². The Labute approximate surface area is 179 Å². The molecule has 2 heterocycles. The smallest absolute Gasteiger partial charge is 0.318 e. The van der Waals surface area contributed by atoms with Crippen LogP contribution in [0.4, 0.5) is 10.6 Å². The molecule has 1 aliphatic rings. The van der Waals surface area contributed by atoms with Gasteiger partial charge in [-0.2, -0.15) is 5.10 Å². The van der Waals surface area contributed by atoms with Crippen LogP contribution in [0.5, 0.6) is 0 Å². The molecular formula is C24H21N5O2. The molecule has 0 atom stereocenters. The summed E-state index contributed by atoms with van der Waals surface area (Å²) in [6.45, 7) is 1.28. The maximum absolute atomic E-state index is 12.8. The maximum atomic E-state index is 12.8. The summed E-state index contributed by atoms with van der Waals surface area (Å²) in [4.78, 5) is 27.0. The quantitative estimate of drug-likeness (QED) is 0.473.